The molecule has 0 aliphatic carbocycles. The van der Waals surface area contributed by atoms with Crippen LogP contribution in [0, 0.1) is 0 Å². The summed E-state index contributed by atoms with van der Waals surface area (Å²) < 4.78 is 2.15. The largest absolute Gasteiger partial charge is 0.326 e. The van der Waals surface area contributed by atoms with Crippen LogP contribution in [0.5, 0.6) is 0 Å². The number of aromatic nitrogens is 2. The van der Waals surface area contributed by atoms with Crippen LogP contribution in [0.15, 0.2) is 48.7 Å². The van der Waals surface area contributed by atoms with Gasteiger partial charge >= 0.3 is 0 Å². The lowest BCUT2D eigenvalue weighted by atomic mass is 10.1. The lowest BCUT2D eigenvalue weighted by Crippen LogP contribution is -1.99. The molecule has 0 bridgehead atoms. The molecular formula is C16H17N3. The van der Waals surface area contributed by atoms with Gasteiger partial charge in [-0.15, -0.1) is 0 Å². The minimum absolute atomic E-state index is 0.545. The first-order valence-corrected chi connectivity index (χ1v) is 6.59. The molecule has 0 radical (unpaired) electrons. The predicted molar refractivity (Wildman–Crippen MR) is 77.9 cm³/mol. The first-order valence-electron chi connectivity index (χ1n) is 6.59. The summed E-state index contributed by atoms with van der Waals surface area (Å²) in [5, 5.41) is 0. The molecule has 0 spiro atoms. The van der Waals surface area contributed by atoms with E-state index in [4.69, 9.17) is 10.7 Å². The molecule has 0 aliphatic heterocycles. The molecule has 0 aliphatic rings. The highest BCUT2D eigenvalue weighted by Crippen LogP contribution is 2.25. The van der Waals surface area contributed by atoms with Gasteiger partial charge in [0.2, 0.25) is 0 Å². The van der Waals surface area contributed by atoms with Crippen molar-refractivity contribution in [3.8, 4) is 11.3 Å². The maximum Gasteiger partial charge on any atom is 0.137 e. The fourth-order valence-electron chi connectivity index (χ4n) is 2.41. The first kappa shape index (κ1) is 11.9. The van der Waals surface area contributed by atoms with E-state index in [1.165, 1.54) is 11.3 Å². The number of hydrogen-bond acceptors (Lipinski definition) is 2. The van der Waals surface area contributed by atoms with Gasteiger partial charge in [-0.2, -0.15) is 0 Å². The van der Waals surface area contributed by atoms with Crippen LogP contribution < -0.4 is 5.73 Å². The Balaban J connectivity index is 2.31. The highest BCUT2D eigenvalue weighted by atomic mass is 15.0. The monoisotopic (exact) mass is 251 g/mol. The van der Waals surface area contributed by atoms with Crippen molar-refractivity contribution in [3.63, 3.8) is 0 Å². The summed E-state index contributed by atoms with van der Waals surface area (Å²) in [6.45, 7) is 2.68. The Morgan fingerprint density at radius 3 is 2.58 bits per heavy atom. The van der Waals surface area contributed by atoms with Gasteiger partial charge in [-0.3, -0.25) is 4.40 Å². The van der Waals surface area contributed by atoms with Crippen molar-refractivity contribution in [2.24, 2.45) is 5.73 Å². The minimum Gasteiger partial charge on any atom is -0.326 e. The number of benzene rings is 1. The van der Waals surface area contributed by atoms with E-state index in [1.807, 2.05) is 18.2 Å². The molecule has 1 aromatic carbocycles. The number of fused-ring (bicyclic) bond motifs is 1. The van der Waals surface area contributed by atoms with Crippen molar-refractivity contribution in [2.75, 3.05) is 0 Å². The van der Waals surface area contributed by atoms with Crippen molar-refractivity contribution in [2.45, 2.75) is 19.9 Å². The summed E-state index contributed by atoms with van der Waals surface area (Å²) >= 11 is 0. The highest BCUT2D eigenvalue weighted by Gasteiger charge is 2.12. The van der Waals surface area contributed by atoms with Crippen molar-refractivity contribution < 1.29 is 0 Å². The van der Waals surface area contributed by atoms with Gasteiger partial charge in [-0.1, -0.05) is 43.3 Å². The zero-order chi connectivity index (χ0) is 13.2. The van der Waals surface area contributed by atoms with E-state index in [-0.39, 0.29) is 0 Å². The second-order valence-corrected chi connectivity index (χ2v) is 4.60. The molecule has 3 heteroatoms. The normalized spacial score (nSPS) is 11.1. The van der Waals surface area contributed by atoms with Gasteiger partial charge in [0.25, 0.3) is 0 Å². The number of aryl methyl sites for hydroxylation is 1. The minimum atomic E-state index is 0.545. The molecule has 0 fully saturated rings. The third-order valence-corrected chi connectivity index (χ3v) is 3.37. The van der Waals surface area contributed by atoms with Crippen LogP contribution in [0.3, 0.4) is 0 Å². The number of nitrogens with zero attached hydrogens (tertiary/aromatic N) is 2. The van der Waals surface area contributed by atoms with Crippen LogP contribution >= 0.6 is 0 Å². The molecule has 2 N–H and O–H groups in total. The van der Waals surface area contributed by atoms with E-state index in [0.717, 1.165) is 23.3 Å². The Hall–Kier alpha value is -2.13. The third kappa shape index (κ3) is 2.02. The summed E-state index contributed by atoms with van der Waals surface area (Å²) in [7, 11) is 0. The zero-order valence-electron chi connectivity index (χ0n) is 11.0. The molecule has 3 aromatic rings. The van der Waals surface area contributed by atoms with Crippen molar-refractivity contribution in [3.05, 3.63) is 59.9 Å². The average molecular weight is 251 g/mol. The predicted octanol–water partition coefficient (Wildman–Crippen LogP) is 3.02. The van der Waals surface area contributed by atoms with Crippen LogP contribution in [0.25, 0.3) is 16.9 Å². The smallest absolute Gasteiger partial charge is 0.137 e. The molecule has 0 saturated heterocycles. The van der Waals surface area contributed by atoms with Crippen LogP contribution in [0.1, 0.15) is 18.2 Å². The van der Waals surface area contributed by atoms with Crippen molar-refractivity contribution in [1.82, 2.24) is 9.38 Å². The Bertz CT molecular complexity index is 699. The van der Waals surface area contributed by atoms with Crippen LogP contribution in [-0.4, -0.2) is 9.38 Å². The summed E-state index contributed by atoms with van der Waals surface area (Å²) in [6, 6.07) is 14.5. The van der Waals surface area contributed by atoms with E-state index in [9.17, 15) is 0 Å². The Morgan fingerprint density at radius 1 is 1.11 bits per heavy atom. The molecular weight excluding hydrogens is 234 g/mol. The third-order valence-electron chi connectivity index (χ3n) is 3.37. The number of imidazole rings is 1. The lowest BCUT2D eigenvalue weighted by molar-refractivity contribution is 1.03. The van der Waals surface area contributed by atoms with Gasteiger partial charge in [-0.05, 0) is 18.1 Å². The lowest BCUT2D eigenvalue weighted by Gasteiger charge is -2.05. The van der Waals surface area contributed by atoms with Crippen molar-refractivity contribution >= 4 is 5.65 Å². The molecule has 0 saturated carbocycles. The molecule has 19 heavy (non-hydrogen) atoms. The molecule has 2 aromatic heterocycles. The van der Waals surface area contributed by atoms with Gasteiger partial charge in [0.15, 0.2) is 0 Å². The summed E-state index contributed by atoms with van der Waals surface area (Å²) in [5.74, 6) is 0. The van der Waals surface area contributed by atoms with Crippen LogP contribution in [0.2, 0.25) is 0 Å². The number of rotatable bonds is 3. The fraction of sp³-hybridized carbons (Fsp3) is 0.188. The van der Waals surface area contributed by atoms with Crippen molar-refractivity contribution in [1.29, 1.82) is 0 Å². The molecule has 0 atom stereocenters. The SMILES string of the molecule is CCc1nc2ccc(CN)cn2c1-c1ccccc1. The molecule has 96 valence electrons. The van der Waals surface area contributed by atoms with E-state index < -0.39 is 0 Å². The van der Waals surface area contributed by atoms with E-state index in [1.54, 1.807) is 0 Å². The Labute approximate surface area is 112 Å². The van der Waals surface area contributed by atoms with Gasteiger partial charge in [0.1, 0.15) is 5.65 Å². The molecule has 3 nitrogen and oxygen atoms in total. The van der Waals surface area contributed by atoms with Gasteiger partial charge in [0, 0.05) is 18.3 Å². The number of pyridine rings is 1. The standard InChI is InChI=1S/C16H17N3/c1-2-14-16(13-6-4-3-5-7-13)19-11-12(10-17)8-9-15(19)18-14/h3-9,11H,2,10,17H2,1H3. The first-order chi connectivity index (χ1) is 9.33. The van der Waals surface area contributed by atoms with E-state index >= 15 is 0 Å². The maximum absolute atomic E-state index is 5.74. The van der Waals surface area contributed by atoms with E-state index in [2.05, 4.69) is 41.8 Å². The second-order valence-electron chi connectivity index (χ2n) is 4.60. The quantitative estimate of drug-likeness (QED) is 0.777. The zero-order valence-corrected chi connectivity index (χ0v) is 11.0. The average Bonchev–Trinajstić information content (AvgIpc) is 2.85. The van der Waals surface area contributed by atoms with Gasteiger partial charge in [0.05, 0.1) is 11.4 Å². The second kappa shape index (κ2) is 4.86. The highest BCUT2D eigenvalue weighted by molar-refractivity contribution is 5.67. The molecule has 0 amide bonds. The molecule has 2 heterocycles. The summed E-state index contributed by atoms with van der Waals surface area (Å²) in [6.07, 6.45) is 3.01. The van der Waals surface area contributed by atoms with Crippen LogP contribution in [0.4, 0.5) is 0 Å². The maximum atomic E-state index is 5.74. The van der Waals surface area contributed by atoms with Gasteiger partial charge < -0.3 is 5.73 Å². The number of hydrogen-bond donors (Lipinski definition) is 1. The number of nitrogens with two attached hydrogens (primary N) is 1. The Morgan fingerprint density at radius 2 is 1.89 bits per heavy atom. The van der Waals surface area contributed by atoms with E-state index in [0.29, 0.717) is 6.54 Å². The van der Waals surface area contributed by atoms with Gasteiger partial charge in [-0.25, -0.2) is 4.98 Å². The van der Waals surface area contributed by atoms with Crippen LogP contribution in [-0.2, 0) is 13.0 Å². The summed E-state index contributed by atoms with van der Waals surface area (Å²) in [5.41, 5.74) is 11.3. The molecule has 0 unspecified atom stereocenters. The molecule has 3 rings (SSSR count). The fourth-order valence-corrected chi connectivity index (χ4v) is 2.41. The Kier molecular flexibility index (Phi) is 3.05. The summed E-state index contributed by atoms with van der Waals surface area (Å²) in [4.78, 5) is 4.71. The topological polar surface area (TPSA) is 43.3 Å².